The van der Waals surface area contributed by atoms with E-state index in [2.05, 4.69) is 27.2 Å². The van der Waals surface area contributed by atoms with E-state index in [4.69, 9.17) is 0 Å². The normalized spacial score (nSPS) is 14.1. The van der Waals surface area contributed by atoms with Gasteiger partial charge in [0.2, 0.25) is 11.8 Å². The molecule has 2 aromatic carbocycles. The molecule has 0 saturated heterocycles. The molecule has 1 aliphatic carbocycles. The summed E-state index contributed by atoms with van der Waals surface area (Å²) in [6.07, 6.45) is 4.85. The third kappa shape index (κ3) is 5.34. The summed E-state index contributed by atoms with van der Waals surface area (Å²) in [5, 5.41) is 3.43. The molecule has 2 heterocycles. The van der Waals surface area contributed by atoms with Crippen molar-refractivity contribution in [2.75, 3.05) is 6.54 Å². The number of carbonyl (C=O) groups excluding carboxylic acids is 2. The second-order valence-electron chi connectivity index (χ2n) is 8.83. The Bertz CT molecular complexity index is 1630. The van der Waals surface area contributed by atoms with E-state index in [1.54, 1.807) is 42.5 Å². The minimum absolute atomic E-state index is 0.0272. The first kappa shape index (κ1) is 25.7. The van der Waals surface area contributed by atoms with Crippen LogP contribution in [0.2, 0.25) is 0 Å². The quantitative estimate of drug-likeness (QED) is 0.325. The predicted molar refractivity (Wildman–Crippen MR) is 143 cm³/mol. The Morgan fingerprint density at radius 1 is 1.16 bits per heavy atom. The van der Waals surface area contributed by atoms with Gasteiger partial charge in [-0.1, -0.05) is 30.8 Å². The van der Waals surface area contributed by atoms with E-state index in [9.17, 15) is 18.0 Å². The lowest BCUT2D eigenvalue weighted by Gasteiger charge is -2.15. The van der Waals surface area contributed by atoms with E-state index in [0.717, 1.165) is 24.2 Å². The molecule has 1 atom stereocenters. The third-order valence-corrected chi connectivity index (χ3v) is 9.23. The summed E-state index contributed by atoms with van der Waals surface area (Å²) in [5.41, 5.74) is 1.65. The predicted octanol–water partition coefficient (Wildman–Crippen LogP) is 4.05. The summed E-state index contributed by atoms with van der Waals surface area (Å²) in [7, 11) is -4.25. The fourth-order valence-electron chi connectivity index (χ4n) is 3.88. The van der Waals surface area contributed by atoms with Crippen LogP contribution in [0.5, 0.6) is 0 Å². The van der Waals surface area contributed by atoms with E-state index in [1.165, 1.54) is 24.4 Å². The van der Waals surface area contributed by atoms with Gasteiger partial charge in [-0.25, -0.2) is 17.8 Å². The smallest absolute Gasteiger partial charge is 0.246 e. The van der Waals surface area contributed by atoms with Gasteiger partial charge in [0, 0.05) is 29.4 Å². The van der Waals surface area contributed by atoms with E-state index in [1.807, 2.05) is 0 Å². The van der Waals surface area contributed by atoms with Gasteiger partial charge < -0.3 is 10.6 Å². The molecule has 2 aromatic heterocycles. The maximum absolute atomic E-state index is 15.0. The zero-order chi connectivity index (χ0) is 26.9. The summed E-state index contributed by atoms with van der Waals surface area (Å²) in [5.74, 6) is -1.85. The van der Waals surface area contributed by atoms with Gasteiger partial charge in [0.15, 0.2) is 15.1 Å². The van der Waals surface area contributed by atoms with Crippen LogP contribution < -0.4 is 10.6 Å². The minimum Gasteiger partial charge on any atom is -0.352 e. The van der Waals surface area contributed by atoms with Gasteiger partial charge in [0.05, 0.1) is 27.4 Å². The number of rotatable bonds is 9. The Hall–Kier alpha value is -3.96. The van der Waals surface area contributed by atoms with Gasteiger partial charge >= 0.3 is 0 Å². The highest BCUT2D eigenvalue weighted by Crippen LogP contribution is 2.37. The van der Waals surface area contributed by atoms with E-state index < -0.39 is 32.7 Å². The molecule has 38 heavy (non-hydrogen) atoms. The van der Waals surface area contributed by atoms with Crippen LogP contribution in [0.4, 0.5) is 4.39 Å². The Labute approximate surface area is 222 Å². The van der Waals surface area contributed by atoms with Crippen LogP contribution in [0.25, 0.3) is 27.4 Å². The second-order valence-corrected chi connectivity index (χ2v) is 11.9. The summed E-state index contributed by atoms with van der Waals surface area (Å²) in [4.78, 5) is 33.9. The van der Waals surface area contributed by atoms with Gasteiger partial charge in [-0.15, -0.1) is 11.3 Å². The number of hydrogen-bond acceptors (Lipinski definition) is 7. The SMILES string of the molecule is C=Cc1ccc(-c2cc3sc(C(C(=O)NCC(=O)NC4CC4)S(=O)(=O)c4ccccc4)nc3cc2F)cn1. The van der Waals surface area contributed by atoms with Gasteiger partial charge in [0.25, 0.3) is 0 Å². The average molecular weight is 551 g/mol. The molecule has 2 amide bonds. The zero-order valence-corrected chi connectivity index (χ0v) is 21.7. The van der Waals surface area contributed by atoms with Gasteiger partial charge in [0.1, 0.15) is 10.8 Å². The van der Waals surface area contributed by atoms with E-state index in [0.29, 0.717) is 16.0 Å². The Morgan fingerprint density at radius 3 is 2.58 bits per heavy atom. The molecule has 4 aromatic rings. The van der Waals surface area contributed by atoms with Crippen LogP contribution in [-0.2, 0) is 19.4 Å². The third-order valence-electron chi connectivity index (χ3n) is 6.01. The number of nitrogens with one attached hydrogen (secondary N) is 2. The Morgan fingerprint density at radius 2 is 1.92 bits per heavy atom. The van der Waals surface area contributed by atoms with Gasteiger partial charge in [-0.05, 0) is 43.2 Å². The summed E-state index contributed by atoms with van der Waals surface area (Å²) in [6.45, 7) is 3.29. The van der Waals surface area contributed by atoms with Crippen molar-refractivity contribution >= 4 is 49.3 Å². The first-order valence-electron chi connectivity index (χ1n) is 11.8. The van der Waals surface area contributed by atoms with Crippen LogP contribution >= 0.6 is 11.3 Å². The lowest BCUT2D eigenvalue weighted by Crippen LogP contribution is -2.41. The van der Waals surface area contributed by atoms with Crippen molar-refractivity contribution in [2.24, 2.45) is 0 Å². The molecule has 0 bridgehead atoms. The second kappa shape index (κ2) is 10.4. The standard InChI is InChI=1S/C27H23FN4O4S2/c1-2-17-9-8-16(14-29-17)20-12-23-22(13-21(20)28)32-27(37-23)25(38(35,36)19-6-4-3-5-7-19)26(34)30-15-24(33)31-18-10-11-18/h2-9,12-14,18,25H,1,10-11,15H2,(H,30,34)(H,31,33). The number of carbonyl (C=O) groups is 2. The topological polar surface area (TPSA) is 118 Å². The first-order valence-corrected chi connectivity index (χ1v) is 14.2. The molecule has 0 aliphatic heterocycles. The minimum atomic E-state index is -4.25. The molecule has 8 nitrogen and oxygen atoms in total. The molecular weight excluding hydrogens is 527 g/mol. The van der Waals surface area contributed by atoms with Crippen molar-refractivity contribution in [3.63, 3.8) is 0 Å². The maximum Gasteiger partial charge on any atom is 0.246 e. The molecule has 194 valence electrons. The lowest BCUT2D eigenvalue weighted by atomic mass is 10.1. The lowest BCUT2D eigenvalue weighted by molar-refractivity contribution is -0.126. The Kier molecular flexibility index (Phi) is 7.04. The number of hydrogen-bond donors (Lipinski definition) is 2. The molecular formula is C27H23FN4O4S2. The van der Waals surface area contributed by atoms with Crippen molar-refractivity contribution in [1.82, 2.24) is 20.6 Å². The number of benzene rings is 2. The molecule has 1 aliphatic rings. The van der Waals surface area contributed by atoms with Crippen molar-refractivity contribution in [3.05, 3.63) is 83.9 Å². The highest BCUT2D eigenvalue weighted by Gasteiger charge is 2.38. The largest absolute Gasteiger partial charge is 0.352 e. The van der Waals surface area contributed by atoms with Crippen molar-refractivity contribution in [2.45, 2.75) is 29.0 Å². The van der Waals surface area contributed by atoms with Gasteiger partial charge in [-0.2, -0.15) is 0 Å². The van der Waals surface area contributed by atoms with Crippen LogP contribution in [-0.4, -0.2) is 42.8 Å². The molecule has 1 unspecified atom stereocenters. The number of pyridine rings is 1. The molecule has 2 N–H and O–H groups in total. The molecule has 0 radical (unpaired) electrons. The van der Waals surface area contributed by atoms with Crippen molar-refractivity contribution in [3.8, 4) is 11.1 Å². The van der Waals surface area contributed by atoms with Crippen LogP contribution in [0.15, 0.2) is 72.3 Å². The first-order chi connectivity index (χ1) is 18.3. The maximum atomic E-state index is 15.0. The summed E-state index contributed by atoms with van der Waals surface area (Å²) >= 11 is 0.980. The highest BCUT2D eigenvalue weighted by atomic mass is 32.2. The fourth-order valence-corrected chi connectivity index (χ4v) is 6.87. The number of nitrogens with zero attached hydrogens (tertiary/aromatic N) is 2. The zero-order valence-electron chi connectivity index (χ0n) is 20.1. The molecule has 1 fully saturated rings. The van der Waals surface area contributed by atoms with Crippen LogP contribution in [0.3, 0.4) is 0 Å². The van der Waals surface area contributed by atoms with E-state index in [-0.39, 0.29) is 33.6 Å². The summed E-state index contributed by atoms with van der Waals surface area (Å²) in [6, 6.07) is 13.8. The number of aromatic nitrogens is 2. The number of amides is 2. The summed E-state index contributed by atoms with van der Waals surface area (Å²) < 4.78 is 42.8. The number of fused-ring (bicyclic) bond motifs is 1. The van der Waals surface area contributed by atoms with Crippen molar-refractivity contribution < 1.29 is 22.4 Å². The monoisotopic (exact) mass is 550 g/mol. The van der Waals surface area contributed by atoms with Crippen LogP contribution in [0, 0.1) is 5.82 Å². The molecule has 0 spiro atoms. The van der Waals surface area contributed by atoms with E-state index >= 15 is 4.39 Å². The molecule has 5 rings (SSSR count). The van der Waals surface area contributed by atoms with Crippen LogP contribution in [0.1, 0.15) is 28.8 Å². The molecule has 1 saturated carbocycles. The Balaban J connectivity index is 1.52. The van der Waals surface area contributed by atoms with Gasteiger partial charge in [-0.3, -0.25) is 14.6 Å². The number of thiazole rings is 1. The fraction of sp³-hybridized carbons (Fsp3) is 0.185. The number of halogens is 1. The van der Waals surface area contributed by atoms with Crippen molar-refractivity contribution in [1.29, 1.82) is 0 Å². The molecule has 11 heteroatoms. The highest BCUT2D eigenvalue weighted by molar-refractivity contribution is 7.92. The number of sulfone groups is 1. The average Bonchev–Trinajstić information content (AvgIpc) is 3.64.